The summed E-state index contributed by atoms with van der Waals surface area (Å²) in [6.07, 6.45) is -1.81. The summed E-state index contributed by atoms with van der Waals surface area (Å²) in [6, 6.07) is 1.24. The van der Waals surface area contributed by atoms with E-state index in [1.165, 1.54) is 6.07 Å². The van der Waals surface area contributed by atoms with Gasteiger partial charge in [0.25, 0.3) is 6.43 Å². The number of halogens is 2. The van der Waals surface area contributed by atoms with Crippen molar-refractivity contribution in [1.29, 1.82) is 0 Å². The van der Waals surface area contributed by atoms with E-state index in [0.29, 0.717) is 5.69 Å². The predicted octanol–water partition coefficient (Wildman–Crippen LogP) is 1.65. The van der Waals surface area contributed by atoms with E-state index >= 15 is 0 Å². The highest BCUT2D eigenvalue weighted by Gasteiger charge is 2.20. The van der Waals surface area contributed by atoms with Crippen LogP contribution in [0.3, 0.4) is 0 Å². The van der Waals surface area contributed by atoms with Crippen LogP contribution in [0, 0.1) is 0 Å². The maximum absolute atomic E-state index is 12.6. The Bertz CT molecular complexity index is 383. The van der Waals surface area contributed by atoms with Gasteiger partial charge in [-0.05, 0) is 13.0 Å². The fourth-order valence-electron chi connectivity index (χ4n) is 1.18. The first-order chi connectivity index (χ1) is 7.60. The van der Waals surface area contributed by atoms with Crippen LogP contribution in [-0.4, -0.2) is 17.6 Å². The largest absolute Gasteiger partial charge is 0.462 e. The van der Waals surface area contributed by atoms with E-state index in [4.69, 9.17) is 5.73 Å². The zero-order valence-corrected chi connectivity index (χ0v) is 8.74. The third-order valence-corrected chi connectivity index (χ3v) is 1.93. The summed E-state index contributed by atoms with van der Waals surface area (Å²) in [5.74, 6) is -0.782. The van der Waals surface area contributed by atoms with Gasteiger partial charge in [0.2, 0.25) is 0 Å². The summed E-state index contributed by atoms with van der Waals surface area (Å²) in [4.78, 5) is 15.1. The third kappa shape index (κ3) is 2.73. The number of nitrogens with two attached hydrogens (primary N) is 1. The van der Waals surface area contributed by atoms with Crippen molar-refractivity contribution in [1.82, 2.24) is 4.98 Å². The number of esters is 1. The zero-order valence-electron chi connectivity index (χ0n) is 8.74. The molecule has 0 saturated heterocycles. The average molecular weight is 230 g/mol. The lowest BCUT2D eigenvalue weighted by atomic mass is 10.1. The van der Waals surface area contributed by atoms with Crippen molar-refractivity contribution < 1.29 is 18.3 Å². The van der Waals surface area contributed by atoms with Crippen LogP contribution in [0.4, 0.5) is 8.78 Å². The molecule has 88 valence electrons. The van der Waals surface area contributed by atoms with E-state index < -0.39 is 18.0 Å². The molecule has 0 aromatic carbocycles. The molecule has 1 rings (SSSR count). The molecular formula is C10H12F2N2O2. The Hall–Kier alpha value is -1.56. The molecule has 0 saturated carbocycles. The first-order valence-electron chi connectivity index (χ1n) is 4.74. The fourth-order valence-corrected chi connectivity index (χ4v) is 1.18. The minimum atomic E-state index is -2.77. The summed E-state index contributed by atoms with van der Waals surface area (Å²) < 4.78 is 29.8. The van der Waals surface area contributed by atoms with Crippen LogP contribution in [0.1, 0.15) is 35.0 Å². The maximum atomic E-state index is 12.6. The van der Waals surface area contributed by atoms with E-state index in [-0.39, 0.29) is 18.7 Å². The quantitative estimate of drug-likeness (QED) is 0.799. The number of pyridine rings is 1. The van der Waals surface area contributed by atoms with E-state index in [2.05, 4.69) is 9.72 Å². The molecule has 0 aliphatic heterocycles. The SMILES string of the molecule is CCOC(=O)c1cc(CN)ncc1C(F)F. The van der Waals surface area contributed by atoms with Crippen molar-refractivity contribution in [3.8, 4) is 0 Å². The number of hydrogen-bond donors (Lipinski definition) is 1. The fraction of sp³-hybridized carbons (Fsp3) is 0.400. The Balaban J connectivity index is 3.14. The molecule has 0 fully saturated rings. The van der Waals surface area contributed by atoms with Crippen LogP contribution in [0.2, 0.25) is 0 Å². The lowest BCUT2D eigenvalue weighted by Gasteiger charge is -2.08. The molecule has 1 heterocycles. The molecule has 0 aliphatic rings. The second-order valence-corrected chi connectivity index (χ2v) is 2.99. The van der Waals surface area contributed by atoms with E-state index in [0.717, 1.165) is 6.20 Å². The van der Waals surface area contributed by atoms with Gasteiger partial charge in [-0.25, -0.2) is 13.6 Å². The Morgan fingerprint density at radius 1 is 1.62 bits per heavy atom. The van der Waals surface area contributed by atoms with Crippen molar-refractivity contribution >= 4 is 5.97 Å². The molecule has 6 heteroatoms. The van der Waals surface area contributed by atoms with Gasteiger partial charge in [-0.3, -0.25) is 4.98 Å². The normalized spacial score (nSPS) is 10.6. The molecule has 0 spiro atoms. The van der Waals surface area contributed by atoms with Crippen LogP contribution < -0.4 is 5.73 Å². The second kappa shape index (κ2) is 5.50. The standard InChI is InChI=1S/C10H12F2N2O2/c1-2-16-10(15)7-3-6(4-13)14-5-8(7)9(11)12/h3,5,9H,2,4,13H2,1H3. The van der Waals surface area contributed by atoms with Gasteiger partial charge in [0.15, 0.2) is 0 Å². The highest BCUT2D eigenvalue weighted by atomic mass is 19.3. The first-order valence-corrected chi connectivity index (χ1v) is 4.74. The van der Waals surface area contributed by atoms with Gasteiger partial charge in [-0.2, -0.15) is 0 Å². The topological polar surface area (TPSA) is 65.2 Å². The maximum Gasteiger partial charge on any atom is 0.338 e. The predicted molar refractivity (Wildman–Crippen MR) is 53.0 cm³/mol. The first kappa shape index (κ1) is 12.5. The lowest BCUT2D eigenvalue weighted by Crippen LogP contribution is -2.11. The van der Waals surface area contributed by atoms with E-state index in [1.807, 2.05) is 0 Å². The zero-order chi connectivity index (χ0) is 12.1. The van der Waals surface area contributed by atoms with Crippen molar-refractivity contribution in [2.45, 2.75) is 19.9 Å². The monoisotopic (exact) mass is 230 g/mol. The number of hydrogen-bond acceptors (Lipinski definition) is 4. The number of alkyl halides is 2. The number of carbonyl (C=O) groups is 1. The van der Waals surface area contributed by atoms with Crippen LogP contribution >= 0.6 is 0 Å². The molecule has 1 aromatic rings. The van der Waals surface area contributed by atoms with Gasteiger partial charge in [0.05, 0.1) is 23.4 Å². The van der Waals surface area contributed by atoms with Gasteiger partial charge in [0.1, 0.15) is 0 Å². The molecule has 2 N–H and O–H groups in total. The Morgan fingerprint density at radius 3 is 2.81 bits per heavy atom. The molecule has 0 bridgehead atoms. The average Bonchev–Trinajstić information content (AvgIpc) is 2.28. The van der Waals surface area contributed by atoms with Gasteiger partial charge >= 0.3 is 5.97 Å². The molecule has 4 nitrogen and oxygen atoms in total. The molecular weight excluding hydrogens is 218 g/mol. The molecule has 0 amide bonds. The van der Waals surface area contributed by atoms with Crippen molar-refractivity contribution in [2.75, 3.05) is 6.61 Å². The van der Waals surface area contributed by atoms with Gasteiger partial charge in [0, 0.05) is 12.7 Å². The van der Waals surface area contributed by atoms with Crippen molar-refractivity contribution in [3.63, 3.8) is 0 Å². The molecule has 0 atom stereocenters. The number of carbonyl (C=O) groups excluding carboxylic acids is 1. The Kier molecular flexibility index (Phi) is 4.30. The van der Waals surface area contributed by atoms with E-state index in [1.54, 1.807) is 6.92 Å². The Labute approximate surface area is 91.4 Å². The minimum absolute atomic E-state index is 0.0793. The number of ether oxygens (including phenoxy) is 1. The highest BCUT2D eigenvalue weighted by Crippen LogP contribution is 2.23. The number of nitrogens with zero attached hydrogens (tertiary/aromatic N) is 1. The number of rotatable bonds is 4. The highest BCUT2D eigenvalue weighted by molar-refractivity contribution is 5.91. The molecule has 0 radical (unpaired) electrons. The van der Waals surface area contributed by atoms with Gasteiger partial charge in [-0.15, -0.1) is 0 Å². The van der Waals surface area contributed by atoms with Crippen LogP contribution in [-0.2, 0) is 11.3 Å². The van der Waals surface area contributed by atoms with Gasteiger partial charge in [-0.1, -0.05) is 0 Å². The summed E-state index contributed by atoms with van der Waals surface area (Å²) in [7, 11) is 0. The summed E-state index contributed by atoms with van der Waals surface area (Å²) >= 11 is 0. The van der Waals surface area contributed by atoms with Crippen LogP contribution in [0.25, 0.3) is 0 Å². The molecule has 1 aromatic heterocycles. The summed E-state index contributed by atoms with van der Waals surface area (Å²) in [5.41, 5.74) is 5.08. The molecule has 0 unspecified atom stereocenters. The van der Waals surface area contributed by atoms with Gasteiger partial charge < -0.3 is 10.5 Å². The van der Waals surface area contributed by atoms with Crippen molar-refractivity contribution in [2.24, 2.45) is 5.73 Å². The van der Waals surface area contributed by atoms with E-state index in [9.17, 15) is 13.6 Å². The summed E-state index contributed by atoms with van der Waals surface area (Å²) in [6.45, 7) is 1.81. The van der Waals surface area contributed by atoms with Crippen LogP contribution in [0.5, 0.6) is 0 Å². The minimum Gasteiger partial charge on any atom is -0.462 e. The number of aromatic nitrogens is 1. The van der Waals surface area contributed by atoms with Crippen molar-refractivity contribution in [3.05, 3.63) is 29.1 Å². The third-order valence-electron chi connectivity index (χ3n) is 1.93. The van der Waals surface area contributed by atoms with Crippen LogP contribution in [0.15, 0.2) is 12.3 Å². The second-order valence-electron chi connectivity index (χ2n) is 2.99. The summed E-state index contributed by atoms with van der Waals surface area (Å²) in [5, 5.41) is 0. The smallest absolute Gasteiger partial charge is 0.338 e. The molecule has 0 aliphatic carbocycles. The molecule has 16 heavy (non-hydrogen) atoms. The lowest BCUT2D eigenvalue weighted by molar-refractivity contribution is 0.0515. The Morgan fingerprint density at radius 2 is 2.31 bits per heavy atom.